The molecular weight excluding hydrogens is 364 g/mol. The Morgan fingerprint density at radius 1 is 1.20 bits per heavy atom. The van der Waals surface area contributed by atoms with Gasteiger partial charge >= 0.3 is 0 Å². The fourth-order valence-corrected chi connectivity index (χ4v) is 3.08. The van der Waals surface area contributed by atoms with Crippen LogP contribution >= 0.6 is 27.5 Å². The number of nitrogens with one attached hydrogen (secondary N) is 1. The van der Waals surface area contributed by atoms with E-state index in [1.807, 2.05) is 0 Å². The van der Waals surface area contributed by atoms with Crippen molar-refractivity contribution in [1.82, 2.24) is 4.72 Å². The lowest BCUT2D eigenvalue weighted by atomic mass is 10.2. The van der Waals surface area contributed by atoms with Crippen LogP contribution in [0.4, 0.5) is 5.69 Å². The standard InChI is InChI=1S/C13H12BrClN2O2S/c14-11-6-5-10(7-13(11)16)20(18,19)17-8-9-3-1-2-4-12(9)15/h1-7,17H,8,16H2. The van der Waals surface area contributed by atoms with Gasteiger partial charge in [-0.15, -0.1) is 0 Å². The van der Waals surface area contributed by atoms with Crippen molar-refractivity contribution < 1.29 is 8.42 Å². The molecule has 4 nitrogen and oxygen atoms in total. The maximum atomic E-state index is 12.2. The lowest BCUT2D eigenvalue weighted by molar-refractivity contribution is 0.581. The van der Waals surface area contributed by atoms with Crippen molar-refractivity contribution in [2.24, 2.45) is 0 Å². The quantitative estimate of drug-likeness (QED) is 0.806. The van der Waals surface area contributed by atoms with E-state index in [1.165, 1.54) is 12.1 Å². The fourth-order valence-electron chi connectivity index (χ4n) is 1.59. The second-order valence-electron chi connectivity index (χ2n) is 4.10. The molecule has 2 aromatic rings. The summed E-state index contributed by atoms with van der Waals surface area (Å²) in [4.78, 5) is 0.116. The highest BCUT2D eigenvalue weighted by Crippen LogP contribution is 2.23. The molecule has 0 heterocycles. The predicted octanol–water partition coefficient (Wildman–Crippen LogP) is 3.16. The minimum Gasteiger partial charge on any atom is -0.398 e. The zero-order chi connectivity index (χ0) is 14.8. The highest BCUT2D eigenvalue weighted by molar-refractivity contribution is 9.10. The van der Waals surface area contributed by atoms with E-state index >= 15 is 0 Å². The Bertz CT molecular complexity index is 735. The van der Waals surface area contributed by atoms with E-state index in [0.29, 0.717) is 20.7 Å². The van der Waals surface area contributed by atoms with Gasteiger partial charge in [0, 0.05) is 21.7 Å². The van der Waals surface area contributed by atoms with E-state index in [4.69, 9.17) is 17.3 Å². The van der Waals surface area contributed by atoms with Crippen molar-refractivity contribution in [3.05, 3.63) is 57.5 Å². The van der Waals surface area contributed by atoms with Crippen LogP contribution in [-0.2, 0) is 16.6 Å². The molecule has 0 radical (unpaired) electrons. The van der Waals surface area contributed by atoms with Crippen LogP contribution in [0.1, 0.15) is 5.56 Å². The van der Waals surface area contributed by atoms with E-state index in [-0.39, 0.29) is 11.4 Å². The summed E-state index contributed by atoms with van der Waals surface area (Å²) < 4.78 is 27.5. The van der Waals surface area contributed by atoms with Gasteiger partial charge in [-0.1, -0.05) is 29.8 Å². The third-order valence-electron chi connectivity index (χ3n) is 2.69. The average molecular weight is 376 g/mol. The Morgan fingerprint density at radius 3 is 2.55 bits per heavy atom. The highest BCUT2D eigenvalue weighted by Gasteiger charge is 2.15. The van der Waals surface area contributed by atoms with Gasteiger partial charge in [0.15, 0.2) is 0 Å². The Kier molecular flexibility index (Phi) is 4.70. The van der Waals surface area contributed by atoms with Crippen molar-refractivity contribution in [1.29, 1.82) is 0 Å². The molecule has 0 saturated carbocycles. The Labute approximate surface area is 131 Å². The summed E-state index contributed by atoms with van der Waals surface area (Å²) in [7, 11) is -3.62. The lowest BCUT2D eigenvalue weighted by Crippen LogP contribution is -2.23. The number of hydrogen-bond donors (Lipinski definition) is 2. The average Bonchev–Trinajstić information content (AvgIpc) is 2.41. The third-order valence-corrected chi connectivity index (χ3v) is 5.18. The highest BCUT2D eigenvalue weighted by atomic mass is 79.9. The van der Waals surface area contributed by atoms with Crippen LogP contribution in [0.25, 0.3) is 0 Å². The van der Waals surface area contributed by atoms with Gasteiger partial charge in [0.2, 0.25) is 10.0 Å². The maximum Gasteiger partial charge on any atom is 0.240 e. The van der Waals surface area contributed by atoms with Crippen LogP contribution in [0.3, 0.4) is 0 Å². The monoisotopic (exact) mass is 374 g/mol. The normalized spacial score (nSPS) is 11.5. The number of anilines is 1. The largest absolute Gasteiger partial charge is 0.398 e. The van der Waals surface area contributed by atoms with Crippen LogP contribution in [-0.4, -0.2) is 8.42 Å². The first-order valence-corrected chi connectivity index (χ1v) is 8.33. The number of hydrogen-bond acceptors (Lipinski definition) is 3. The maximum absolute atomic E-state index is 12.2. The molecule has 0 aliphatic carbocycles. The molecule has 106 valence electrons. The lowest BCUT2D eigenvalue weighted by Gasteiger charge is -2.09. The summed E-state index contributed by atoms with van der Waals surface area (Å²) in [5.74, 6) is 0. The molecule has 20 heavy (non-hydrogen) atoms. The van der Waals surface area contributed by atoms with Crippen molar-refractivity contribution in [3.63, 3.8) is 0 Å². The molecule has 7 heteroatoms. The SMILES string of the molecule is Nc1cc(S(=O)(=O)NCc2ccccc2Cl)ccc1Br. The first-order valence-electron chi connectivity index (χ1n) is 5.68. The first kappa shape index (κ1) is 15.3. The van der Waals surface area contributed by atoms with Gasteiger partial charge in [-0.3, -0.25) is 0 Å². The van der Waals surface area contributed by atoms with Gasteiger partial charge in [0.25, 0.3) is 0 Å². The summed E-state index contributed by atoms with van der Waals surface area (Å²) in [6.45, 7) is 0.123. The number of benzene rings is 2. The third kappa shape index (κ3) is 3.52. The van der Waals surface area contributed by atoms with E-state index in [0.717, 1.165) is 0 Å². The van der Waals surface area contributed by atoms with Crippen LogP contribution in [0.2, 0.25) is 5.02 Å². The molecule has 0 bridgehead atoms. The molecule has 0 aliphatic heterocycles. The zero-order valence-corrected chi connectivity index (χ0v) is 13.5. The van der Waals surface area contributed by atoms with E-state index in [2.05, 4.69) is 20.7 Å². The fraction of sp³-hybridized carbons (Fsp3) is 0.0769. The Balaban J connectivity index is 2.19. The molecule has 0 fully saturated rings. The van der Waals surface area contributed by atoms with Gasteiger partial charge in [-0.05, 0) is 45.8 Å². The number of sulfonamides is 1. The molecule has 2 rings (SSSR count). The predicted molar refractivity (Wildman–Crippen MR) is 84.0 cm³/mol. The molecule has 0 aromatic heterocycles. The van der Waals surface area contributed by atoms with Gasteiger partial charge in [0.1, 0.15) is 0 Å². The van der Waals surface area contributed by atoms with E-state index in [1.54, 1.807) is 30.3 Å². The van der Waals surface area contributed by atoms with Crippen molar-refractivity contribution in [3.8, 4) is 0 Å². The molecule has 2 aromatic carbocycles. The summed E-state index contributed by atoms with van der Waals surface area (Å²) in [6, 6.07) is 11.5. The number of nitrogen functional groups attached to an aromatic ring is 1. The number of halogens is 2. The van der Waals surface area contributed by atoms with Crippen molar-refractivity contribution in [2.45, 2.75) is 11.4 Å². The van der Waals surface area contributed by atoms with E-state index < -0.39 is 10.0 Å². The van der Waals surface area contributed by atoms with Gasteiger partial charge in [0.05, 0.1) is 4.90 Å². The van der Waals surface area contributed by atoms with Gasteiger partial charge in [-0.25, -0.2) is 13.1 Å². The minimum absolute atomic E-state index is 0.116. The summed E-state index contributed by atoms with van der Waals surface area (Å²) in [6.07, 6.45) is 0. The second kappa shape index (κ2) is 6.13. The Morgan fingerprint density at radius 2 is 1.90 bits per heavy atom. The summed E-state index contributed by atoms with van der Waals surface area (Å²) >= 11 is 9.21. The number of nitrogens with two attached hydrogens (primary N) is 1. The molecule has 0 spiro atoms. The van der Waals surface area contributed by atoms with Crippen molar-refractivity contribution >= 4 is 43.2 Å². The van der Waals surface area contributed by atoms with Crippen LogP contribution in [0, 0.1) is 0 Å². The zero-order valence-electron chi connectivity index (χ0n) is 10.3. The molecule has 0 atom stereocenters. The van der Waals surface area contributed by atoms with E-state index in [9.17, 15) is 8.42 Å². The van der Waals surface area contributed by atoms with Gasteiger partial charge < -0.3 is 5.73 Å². The minimum atomic E-state index is -3.62. The van der Waals surface area contributed by atoms with Gasteiger partial charge in [-0.2, -0.15) is 0 Å². The Hall–Kier alpha value is -1.08. The molecule has 0 unspecified atom stereocenters. The smallest absolute Gasteiger partial charge is 0.240 e. The summed E-state index contributed by atoms with van der Waals surface area (Å²) in [5, 5.41) is 0.519. The molecular formula is C13H12BrClN2O2S. The first-order chi connectivity index (χ1) is 9.40. The van der Waals surface area contributed by atoms with Crippen molar-refractivity contribution in [2.75, 3.05) is 5.73 Å². The molecule has 0 saturated heterocycles. The summed E-state index contributed by atoms with van der Waals surface area (Å²) in [5.41, 5.74) is 6.77. The van der Waals surface area contributed by atoms with Crippen LogP contribution in [0.5, 0.6) is 0 Å². The molecule has 0 amide bonds. The second-order valence-corrected chi connectivity index (χ2v) is 7.13. The number of rotatable bonds is 4. The topological polar surface area (TPSA) is 72.2 Å². The van der Waals surface area contributed by atoms with Crippen LogP contribution in [0.15, 0.2) is 51.8 Å². The molecule has 3 N–H and O–H groups in total. The van der Waals surface area contributed by atoms with Crippen LogP contribution < -0.4 is 10.5 Å². The molecule has 0 aliphatic rings.